The molecular formula is C93H88F5I4N15O18S. The van der Waals surface area contributed by atoms with Crippen LogP contribution in [0.5, 0.6) is 51.7 Å². The maximum Gasteiger partial charge on any atom is 0.291 e. The number of aromatic nitrogens is 4. The van der Waals surface area contributed by atoms with Crippen molar-refractivity contribution in [1.29, 1.82) is 0 Å². The molecule has 5 heterocycles. The number of nitrogens with two attached hydrogens (primary N) is 4. The third-order valence-corrected chi connectivity index (χ3v) is 25.0. The Morgan fingerprint density at radius 2 is 0.757 bits per heavy atom. The second-order valence-electron chi connectivity index (χ2n) is 30.4. The summed E-state index contributed by atoms with van der Waals surface area (Å²) in [5.41, 5.74) is 22.5. The fourth-order valence-electron chi connectivity index (χ4n) is 13.2. The number of ether oxygens (including phenoxy) is 6. The summed E-state index contributed by atoms with van der Waals surface area (Å²) < 4.78 is 141. The first-order valence-electron chi connectivity index (χ1n) is 41.1. The van der Waals surface area contributed by atoms with E-state index in [4.69, 9.17) is 51.4 Å². The van der Waals surface area contributed by atoms with Crippen molar-refractivity contribution in [3.8, 4) is 51.7 Å². The quantitative estimate of drug-likeness (QED) is 0.0153. The highest BCUT2D eigenvalue weighted by Crippen LogP contribution is 2.43. The van der Waals surface area contributed by atoms with Gasteiger partial charge in [-0.05, 0) is 259 Å². The summed E-state index contributed by atoms with van der Waals surface area (Å²) >= 11 is 7.85. The number of nitrogens with zero attached hydrogens (tertiary/aromatic N) is 4. The number of anilines is 11. The van der Waals surface area contributed by atoms with Gasteiger partial charge in [-0.3, -0.25) is 70.9 Å². The summed E-state index contributed by atoms with van der Waals surface area (Å²) in [4.78, 5) is 124. The van der Waals surface area contributed by atoms with Gasteiger partial charge in [0.05, 0.1) is 47.4 Å². The third kappa shape index (κ3) is 25.1. The molecule has 15 N–H and O–H groups in total. The molecule has 4 aromatic heterocycles. The molecule has 33 nitrogen and oxygen atoms in total. The fourth-order valence-corrected chi connectivity index (χ4v) is 15.7. The van der Waals surface area contributed by atoms with E-state index in [9.17, 15) is 73.9 Å². The molecule has 0 bridgehead atoms. The Morgan fingerprint density at radius 1 is 0.419 bits per heavy atom. The minimum absolute atomic E-state index is 0.00838. The van der Waals surface area contributed by atoms with Gasteiger partial charge in [-0.25, -0.2) is 26.0 Å². The number of rotatable bonds is 29. The van der Waals surface area contributed by atoms with Gasteiger partial charge in [0, 0.05) is 113 Å². The lowest BCUT2D eigenvalue weighted by Crippen LogP contribution is -2.28. The molecule has 2 aliphatic rings. The molecule has 8 aromatic carbocycles. The number of benzene rings is 8. The number of sulfonamides is 1. The van der Waals surface area contributed by atoms with Crippen LogP contribution in [0.1, 0.15) is 103 Å². The van der Waals surface area contributed by atoms with E-state index in [-0.39, 0.29) is 127 Å². The van der Waals surface area contributed by atoms with Crippen LogP contribution in [0.2, 0.25) is 0 Å². The smallest absolute Gasteiger partial charge is 0.291 e. The number of nitrogens with one attached hydrogen (secondary N) is 7. The highest BCUT2D eigenvalue weighted by atomic mass is 127. The van der Waals surface area contributed by atoms with Crippen molar-refractivity contribution in [2.75, 3.05) is 55.6 Å². The highest BCUT2D eigenvalue weighted by molar-refractivity contribution is 14.1. The molecule has 1 saturated heterocycles. The zero-order chi connectivity index (χ0) is 99.3. The van der Waals surface area contributed by atoms with Crippen molar-refractivity contribution in [3.05, 3.63) is 293 Å². The molecular weight excluding hydrogens is 2250 g/mol. The largest absolute Gasteiger partial charge is 0.488 e. The van der Waals surface area contributed by atoms with Gasteiger partial charge in [0.2, 0.25) is 27.7 Å². The van der Waals surface area contributed by atoms with Crippen LogP contribution < -0.4 is 105 Å². The SMILES string of the molecule is CCC(=O)Nc1cccc(Oc2cc(=O)n(C)c(Nc3ccc(I)cc3F)c2C(N)=O)c1C.CCS(=O)(=O)Nc1cccc(Oc2c(C(N)=O)c(Nc3ccc(I)cc3F)n(C)c(=O)c2F)c1C.Cc1c(NC(=O)C2CC2)cccc1Oc1cc(=O)n(C)c(Nc2ccc(I)cc2F)c1C(N)=O.Cc1c(Oc2cc(=O)n(C)c(Nc3ccc(I)cc3F)c2C(N)=O)cccc1O[C@H]1CCOC1. The number of amides is 6. The van der Waals surface area contributed by atoms with E-state index in [2.05, 4.69) is 36.6 Å². The minimum Gasteiger partial charge on any atom is -0.488 e. The molecule has 0 radical (unpaired) electrons. The number of pyridine rings is 4. The Morgan fingerprint density at radius 3 is 1.10 bits per heavy atom. The molecule has 14 rings (SSSR count). The van der Waals surface area contributed by atoms with Gasteiger partial charge in [0.1, 0.15) is 121 Å². The number of primary amides is 4. The Bertz CT molecular complexity index is 7140. The fraction of sp³-hybridized carbons (Fsp3) is 0.204. The lowest BCUT2D eigenvalue weighted by Gasteiger charge is -2.20. The molecule has 1 atom stereocenters. The first-order chi connectivity index (χ1) is 64.4. The predicted molar refractivity (Wildman–Crippen MR) is 539 cm³/mol. The summed E-state index contributed by atoms with van der Waals surface area (Å²) in [6.07, 6.45) is 2.77. The Balaban J connectivity index is 0.000000174. The first kappa shape index (κ1) is 103. The van der Waals surface area contributed by atoms with E-state index in [0.717, 1.165) is 45.1 Å². The summed E-state index contributed by atoms with van der Waals surface area (Å²) in [5, 5.41) is 16.7. The molecule has 0 spiro atoms. The van der Waals surface area contributed by atoms with Crippen molar-refractivity contribution in [2.45, 2.75) is 73.3 Å². The van der Waals surface area contributed by atoms with Crippen LogP contribution in [0, 0.1) is 77.0 Å². The number of hydrogen-bond acceptors (Lipinski definition) is 22. The third-order valence-electron chi connectivity index (χ3n) is 21.0. The Hall–Kier alpha value is -13.1. The highest BCUT2D eigenvalue weighted by Gasteiger charge is 2.33. The van der Waals surface area contributed by atoms with Crippen molar-refractivity contribution in [1.82, 2.24) is 18.3 Å². The molecule has 6 amide bonds. The second-order valence-corrected chi connectivity index (χ2v) is 37.4. The lowest BCUT2D eigenvalue weighted by molar-refractivity contribution is -0.117. The van der Waals surface area contributed by atoms with E-state index in [1.165, 1.54) is 119 Å². The van der Waals surface area contributed by atoms with Gasteiger partial charge in [-0.1, -0.05) is 31.2 Å². The van der Waals surface area contributed by atoms with Crippen LogP contribution in [0.4, 0.5) is 85.0 Å². The van der Waals surface area contributed by atoms with Gasteiger partial charge in [0.25, 0.3) is 45.9 Å². The molecule has 0 unspecified atom stereocenters. The number of carbonyl (C=O) groups is 6. The lowest BCUT2D eigenvalue weighted by atomic mass is 10.1. The number of hydrogen-bond donors (Lipinski definition) is 11. The average Bonchev–Trinajstić information content (AvgIpc) is 0.987. The molecule has 1 aliphatic heterocycles. The molecule has 136 heavy (non-hydrogen) atoms. The van der Waals surface area contributed by atoms with Gasteiger partial charge in [-0.15, -0.1) is 0 Å². The zero-order valence-electron chi connectivity index (χ0n) is 73.9. The van der Waals surface area contributed by atoms with Crippen molar-refractivity contribution in [3.63, 3.8) is 0 Å². The molecule has 12 aromatic rings. The van der Waals surface area contributed by atoms with Gasteiger partial charge < -0.3 is 83.3 Å². The van der Waals surface area contributed by atoms with Crippen LogP contribution in [0.15, 0.2) is 183 Å². The molecule has 1 saturated carbocycles. The topological polar surface area (TPSA) is 468 Å². The number of halogens is 9. The molecule has 712 valence electrons. The summed E-state index contributed by atoms with van der Waals surface area (Å²) in [7, 11) is 1.87. The summed E-state index contributed by atoms with van der Waals surface area (Å²) in [6, 6.07) is 40.8. The van der Waals surface area contributed by atoms with Crippen molar-refractivity contribution >= 4 is 199 Å². The Labute approximate surface area is 828 Å². The van der Waals surface area contributed by atoms with Crippen LogP contribution >= 0.6 is 90.4 Å². The van der Waals surface area contributed by atoms with Gasteiger partial charge in [-0.2, -0.15) is 4.39 Å². The monoisotopic (exact) mass is 2340 g/mol. The maximum atomic E-state index is 15.1. The van der Waals surface area contributed by atoms with Crippen molar-refractivity contribution in [2.24, 2.45) is 57.0 Å². The minimum atomic E-state index is -3.63. The van der Waals surface area contributed by atoms with E-state index in [0.29, 0.717) is 85.0 Å². The van der Waals surface area contributed by atoms with Gasteiger partial charge in [0.15, 0.2) is 5.75 Å². The van der Waals surface area contributed by atoms with Crippen LogP contribution in [-0.4, -0.2) is 87.2 Å². The average molecular weight is 2340 g/mol. The van der Waals surface area contributed by atoms with Gasteiger partial charge >= 0.3 is 0 Å². The molecule has 43 heteroatoms. The van der Waals surface area contributed by atoms with E-state index < -0.39 is 96.3 Å². The normalized spacial score (nSPS) is 12.5. The van der Waals surface area contributed by atoms with Crippen LogP contribution in [-0.2, 0) is 52.5 Å². The van der Waals surface area contributed by atoms with E-state index in [1.807, 2.05) is 103 Å². The number of carbonyl (C=O) groups excluding carboxylic acids is 6. The van der Waals surface area contributed by atoms with Crippen molar-refractivity contribution < 1.29 is 87.6 Å². The van der Waals surface area contributed by atoms with Crippen LogP contribution in [0.3, 0.4) is 0 Å². The van der Waals surface area contributed by atoms with E-state index in [1.54, 1.807) is 93.6 Å². The van der Waals surface area contributed by atoms with Crippen LogP contribution in [0.25, 0.3) is 0 Å². The summed E-state index contributed by atoms with van der Waals surface area (Å²) in [5.74, 6) is -7.59. The second kappa shape index (κ2) is 45.0. The van der Waals surface area contributed by atoms with E-state index >= 15 is 4.39 Å². The molecule has 1 aliphatic carbocycles. The standard InChI is InChI=1S/C24H22FIN4O4.C24H23FIN3O5.C23H22FIN4O4.C22H21F2IN4O5S/c1-12-16(29-24(33)13-6-7-13)4-3-5-18(12)34-19-11-20(31)30(2)23(21(19)22(27)32)28-17-9-8-14(26)10-15(17)25;1-13-18(33-15-8-9-32-12-15)4-3-5-19(13)34-20-11-21(30)29(2)24(22(20)23(27)31)28-17-7-6-14(26)10-16(17)25;1-4-19(30)27-15-6-5-7-17(12(15)2)33-18-11-20(31)29(3)23(21(18)22(26)32)28-16-9-8-13(25)10-14(16)24;1-4-35(32,33)28-14-6-5-7-16(11(14)2)34-19-17(20(26)30)21(29(3)22(31)18(19)24)27-15-9-8-12(25)10-13(15)23/h3-5,8-11,13,28H,6-7H2,1-2H3,(H2,27,32)(H,29,33);3-7,10-11,15,28H,8-9,12H2,1-2H3,(H2,27,31);5-11,28H,4H2,1-3H3,(H2,26,32)(H,27,30);5-10,27-28H,4H2,1-3H3,(H2,26,30)/t;15-;;/m.0../s1. The maximum absolute atomic E-state index is 15.1. The Kier molecular flexibility index (Phi) is 34.2. The molecule has 2 fully saturated rings. The first-order valence-corrected chi connectivity index (χ1v) is 47.0. The summed E-state index contributed by atoms with van der Waals surface area (Å²) in [6.45, 7) is 11.1. The predicted octanol–water partition coefficient (Wildman–Crippen LogP) is 17.1. The zero-order valence-corrected chi connectivity index (χ0v) is 83.4.